The van der Waals surface area contributed by atoms with Crippen molar-refractivity contribution in [1.82, 2.24) is 19.4 Å². The van der Waals surface area contributed by atoms with Gasteiger partial charge in [-0.15, -0.1) is 0 Å². The van der Waals surface area contributed by atoms with Gasteiger partial charge < -0.3 is 9.30 Å². The third-order valence-corrected chi connectivity index (χ3v) is 4.73. The van der Waals surface area contributed by atoms with Gasteiger partial charge in [-0.3, -0.25) is 4.90 Å². The van der Waals surface area contributed by atoms with Gasteiger partial charge in [0.05, 0.1) is 19.1 Å². The van der Waals surface area contributed by atoms with Crippen LogP contribution in [0.5, 0.6) is 5.88 Å². The molecule has 6 heteroatoms. The first-order valence-electron chi connectivity index (χ1n) is 8.60. The summed E-state index contributed by atoms with van der Waals surface area (Å²) in [7, 11) is 1.62. The molecule has 2 aromatic heterocycles. The van der Waals surface area contributed by atoms with E-state index in [4.69, 9.17) is 4.74 Å². The van der Waals surface area contributed by atoms with E-state index in [2.05, 4.69) is 22.2 Å². The Labute approximate surface area is 152 Å². The molecule has 4 rings (SSSR count). The number of hydrogen-bond donors (Lipinski definition) is 0. The predicted molar refractivity (Wildman–Crippen MR) is 98.0 cm³/mol. The molecule has 3 aromatic rings. The summed E-state index contributed by atoms with van der Waals surface area (Å²) < 4.78 is 7.40. The van der Waals surface area contributed by atoms with Gasteiger partial charge >= 0.3 is 0 Å². The lowest BCUT2D eigenvalue weighted by atomic mass is 10.0. The lowest BCUT2D eigenvalue weighted by molar-refractivity contribution is 0.281. The third kappa shape index (κ3) is 2.88. The van der Waals surface area contributed by atoms with Gasteiger partial charge in [0.2, 0.25) is 5.88 Å². The molecule has 0 aliphatic carbocycles. The number of hydrogen-bond acceptors (Lipinski definition) is 5. The molecule has 3 heterocycles. The monoisotopic (exact) mass is 345 g/mol. The number of ether oxygens (including phenoxy) is 1. The van der Waals surface area contributed by atoms with Crippen molar-refractivity contribution in [1.29, 1.82) is 5.26 Å². The van der Waals surface area contributed by atoms with E-state index in [1.807, 2.05) is 52.3 Å². The first-order valence-corrected chi connectivity index (χ1v) is 8.60. The molecule has 0 N–H and O–H groups in total. The largest absolute Gasteiger partial charge is 0.481 e. The predicted octanol–water partition coefficient (Wildman–Crippen LogP) is 3.70. The van der Waals surface area contributed by atoms with E-state index in [9.17, 15) is 5.26 Å². The zero-order valence-electron chi connectivity index (χ0n) is 14.5. The van der Waals surface area contributed by atoms with E-state index >= 15 is 0 Å². The maximum atomic E-state index is 9.26. The zero-order chi connectivity index (χ0) is 17.9. The lowest BCUT2D eigenvalue weighted by Gasteiger charge is -2.19. The van der Waals surface area contributed by atoms with Gasteiger partial charge in [-0.1, -0.05) is 18.2 Å². The van der Waals surface area contributed by atoms with Gasteiger partial charge in [0, 0.05) is 30.1 Å². The van der Waals surface area contributed by atoms with Gasteiger partial charge in [0.1, 0.15) is 6.17 Å². The molecule has 0 amide bonds. The molecule has 1 unspecified atom stereocenters. The van der Waals surface area contributed by atoms with Crippen LogP contribution in [0.4, 0.5) is 0 Å². The number of likely N-dealkylation sites (tertiary alicyclic amines) is 1. The number of nitriles is 1. The highest BCUT2D eigenvalue weighted by Crippen LogP contribution is 2.32. The van der Waals surface area contributed by atoms with E-state index in [-0.39, 0.29) is 6.17 Å². The highest BCUT2D eigenvalue weighted by Gasteiger charge is 2.25. The van der Waals surface area contributed by atoms with Crippen molar-refractivity contribution in [3.8, 4) is 34.5 Å². The van der Waals surface area contributed by atoms with Crippen LogP contribution in [0.1, 0.15) is 19.0 Å². The number of aromatic nitrogens is 3. The van der Waals surface area contributed by atoms with Gasteiger partial charge in [0.15, 0.2) is 6.19 Å². The van der Waals surface area contributed by atoms with Crippen molar-refractivity contribution in [3.05, 3.63) is 55.1 Å². The second kappa shape index (κ2) is 6.89. The Kier molecular flexibility index (Phi) is 4.28. The topological polar surface area (TPSA) is 67.0 Å². The molecular weight excluding hydrogens is 326 g/mol. The standard InChI is InChI=1S/C20H19N5O/c1-26-20-17(7-3-9-22-20)15-5-2-6-16(11-15)18-12-25(14-23-18)19-8-4-10-24(19)13-21/h2-3,5-7,9,11-12,14,19H,4,8,10H2,1H3. The van der Waals surface area contributed by atoms with Gasteiger partial charge in [-0.25, -0.2) is 9.97 Å². The van der Waals surface area contributed by atoms with E-state index < -0.39 is 0 Å². The summed E-state index contributed by atoms with van der Waals surface area (Å²) in [6.07, 6.45) is 9.88. The van der Waals surface area contributed by atoms with Crippen molar-refractivity contribution in [2.45, 2.75) is 19.0 Å². The maximum absolute atomic E-state index is 9.26. The fourth-order valence-electron chi connectivity index (χ4n) is 3.44. The summed E-state index contributed by atoms with van der Waals surface area (Å²) in [5.41, 5.74) is 3.89. The molecule has 130 valence electrons. The Morgan fingerprint density at radius 1 is 1.19 bits per heavy atom. The molecule has 1 aliphatic rings. The molecule has 1 aromatic carbocycles. The summed E-state index contributed by atoms with van der Waals surface area (Å²) in [6.45, 7) is 0.810. The Hall–Kier alpha value is -3.33. The van der Waals surface area contributed by atoms with Crippen LogP contribution in [0.3, 0.4) is 0 Å². The number of rotatable bonds is 4. The number of nitrogens with zero attached hydrogens (tertiary/aromatic N) is 5. The molecule has 6 nitrogen and oxygen atoms in total. The average molecular weight is 345 g/mol. The summed E-state index contributed by atoms with van der Waals surface area (Å²) in [5.74, 6) is 0.603. The van der Waals surface area contributed by atoms with Crippen LogP contribution in [0.2, 0.25) is 0 Å². The fourth-order valence-corrected chi connectivity index (χ4v) is 3.44. The normalized spacial score (nSPS) is 16.5. The Morgan fingerprint density at radius 3 is 2.92 bits per heavy atom. The quantitative estimate of drug-likeness (QED) is 0.675. The van der Waals surface area contributed by atoms with Gasteiger partial charge in [-0.2, -0.15) is 5.26 Å². The minimum Gasteiger partial charge on any atom is -0.481 e. The smallest absolute Gasteiger partial charge is 0.221 e. The molecule has 0 saturated carbocycles. The number of pyridine rings is 1. The highest BCUT2D eigenvalue weighted by molar-refractivity contribution is 5.74. The Balaban J connectivity index is 1.67. The molecule has 0 bridgehead atoms. The van der Waals surface area contributed by atoms with Crippen LogP contribution in [0, 0.1) is 11.5 Å². The lowest BCUT2D eigenvalue weighted by Crippen LogP contribution is -2.21. The second-order valence-corrected chi connectivity index (χ2v) is 6.26. The summed E-state index contributed by atoms with van der Waals surface area (Å²) >= 11 is 0. The van der Waals surface area contributed by atoms with Crippen molar-refractivity contribution < 1.29 is 4.74 Å². The summed E-state index contributed by atoms with van der Waals surface area (Å²) in [5, 5.41) is 9.26. The van der Waals surface area contributed by atoms with E-state index in [1.54, 1.807) is 13.3 Å². The van der Waals surface area contributed by atoms with Crippen molar-refractivity contribution >= 4 is 0 Å². The van der Waals surface area contributed by atoms with Crippen molar-refractivity contribution in [3.63, 3.8) is 0 Å². The van der Waals surface area contributed by atoms with Crippen LogP contribution < -0.4 is 4.74 Å². The van der Waals surface area contributed by atoms with Gasteiger partial charge in [0.25, 0.3) is 0 Å². The fraction of sp³-hybridized carbons (Fsp3) is 0.250. The minimum absolute atomic E-state index is 0.0721. The average Bonchev–Trinajstić information content (AvgIpc) is 3.37. The summed E-state index contributed by atoms with van der Waals surface area (Å²) in [4.78, 5) is 10.6. The number of imidazole rings is 1. The van der Waals surface area contributed by atoms with Crippen LogP contribution in [0.25, 0.3) is 22.4 Å². The van der Waals surface area contributed by atoms with E-state index in [0.717, 1.165) is 41.8 Å². The molecular formula is C20H19N5O. The van der Waals surface area contributed by atoms with Gasteiger partial charge in [-0.05, 0) is 36.6 Å². The van der Waals surface area contributed by atoms with Crippen molar-refractivity contribution in [2.75, 3.05) is 13.7 Å². The second-order valence-electron chi connectivity index (χ2n) is 6.26. The third-order valence-electron chi connectivity index (χ3n) is 4.73. The van der Waals surface area contributed by atoms with E-state index in [1.165, 1.54) is 0 Å². The van der Waals surface area contributed by atoms with Crippen LogP contribution in [-0.4, -0.2) is 33.1 Å². The van der Waals surface area contributed by atoms with Crippen LogP contribution >= 0.6 is 0 Å². The first kappa shape index (κ1) is 16.2. The van der Waals surface area contributed by atoms with Crippen LogP contribution in [-0.2, 0) is 0 Å². The SMILES string of the molecule is COc1ncccc1-c1cccc(-c2cn(C3CCCN3C#N)cn2)c1. The molecule has 1 aliphatic heterocycles. The zero-order valence-corrected chi connectivity index (χ0v) is 14.5. The van der Waals surface area contributed by atoms with E-state index in [0.29, 0.717) is 5.88 Å². The van der Waals surface area contributed by atoms with Crippen LogP contribution in [0.15, 0.2) is 55.1 Å². The molecule has 1 saturated heterocycles. The minimum atomic E-state index is 0.0721. The number of methoxy groups -OCH3 is 1. The number of benzene rings is 1. The summed E-state index contributed by atoms with van der Waals surface area (Å²) in [6, 6.07) is 12.1. The molecule has 0 spiro atoms. The highest BCUT2D eigenvalue weighted by atomic mass is 16.5. The first-order chi connectivity index (χ1) is 12.8. The molecule has 1 atom stereocenters. The van der Waals surface area contributed by atoms with Crippen molar-refractivity contribution in [2.24, 2.45) is 0 Å². The maximum Gasteiger partial charge on any atom is 0.221 e. The molecule has 0 radical (unpaired) electrons. The molecule has 1 fully saturated rings. The Bertz CT molecular complexity index is 959. The molecule has 26 heavy (non-hydrogen) atoms. The Morgan fingerprint density at radius 2 is 2.08 bits per heavy atom.